The van der Waals surface area contributed by atoms with Crippen LogP contribution in [0.2, 0.25) is 0 Å². The summed E-state index contributed by atoms with van der Waals surface area (Å²) in [7, 11) is 0. The van der Waals surface area contributed by atoms with Gasteiger partial charge < -0.3 is 64.2 Å². The van der Waals surface area contributed by atoms with Crippen LogP contribution in [0.5, 0.6) is 0 Å². The van der Waals surface area contributed by atoms with Gasteiger partial charge in [-0.1, -0.05) is 96.6 Å². The molecule has 0 aliphatic carbocycles. The lowest BCUT2D eigenvalue weighted by Gasteiger charge is -2.42. The lowest BCUT2D eigenvalue weighted by atomic mass is 9.98. The minimum absolute atomic E-state index is 0.0605. The number of carbonyl (C=O) groups excluding carboxylic acids is 1. The molecule has 0 aromatic rings. The molecule has 0 saturated carbocycles. The summed E-state index contributed by atoms with van der Waals surface area (Å²) in [4.78, 5) is 12.8. The van der Waals surface area contributed by atoms with E-state index in [0.29, 0.717) is 13.0 Å². The molecule has 2 saturated heterocycles. The fraction of sp³-hybridized carbons (Fsp3) is 0.921. The minimum atomic E-state index is -1.70. The maximum absolute atomic E-state index is 12.8. The normalized spacial score (nSPS) is 30.2. The molecule has 11 atom stereocenters. The van der Waals surface area contributed by atoms with Crippen LogP contribution in [0.15, 0.2) is 12.2 Å². The molecule has 0 bridgehead atoms. The van der Waals surface area contributed by atoms with Gasteiger partial charge in [0.1, 0.15) is 54.9 Å². The molecule has 14 heteroatoms. The van der Waals surface area contributed by atoms with E-state index in [1.165, 1.54) is 38.5 Å². The predicted octanol–water partition coefficient (Wildman–Crippen LogP) is 2.78. The first kappa shape index (κ1) is 46.9. The summed E-state index contributed by atoms with van der Waals surface area (Å²) in [6.45, 7) is 3.56. The Bertz CT molecular complexity index is 922. The fourth-order valence-electron chi connectivity index (χ4n) is 6.15. The molecule has 2 heterocycles. The van der Waals surface area contributed by atoms with Crippen molar-refractivity contribution in [3.05, 3.63) is 12.2 Å². The third-order valence-electron chi connectivity index (χ3n) is 9.52. The van der Waals surface area contributed by atoms with Gasteiger partial charge in [0.25, 0.3) is 0 Å². The van der Waals surface area contributed by atoms with E-state index in [-0.39, 0.29) is 19.6 Å². The molecular formula is C38H70O14. The Morgan fingerprint density at radius 2 is 1.15 bits per heavy atom. The quantitative estimate of drug-likeness (QED) is 0.0333. The monoisotopic (exact) mass is 750 g/mol. The Labute approximate surface area is 310 Å². The zero-order valence-electron chi connectivity index (χ0n) is 31.6. The van der Waals surface area contributed by atoms with Crippen molar-refractivity contribution >= 4 is 5.97 Å². The highest BCUT2D eigenvalue weighted by atomic mass is 16.7. The Hall–Kier alpha value is -1.27. The van der Waals surface area contributed by atoms with Crippen molar-refractivity contribution in [3.8, 4) is 0 Å². The molecule has 0 aromatic heterocycles. The van der Waals surface area contributed by atoms with Crippen LogP contribution < -0.4 is 0 Å². The molecule has 306 valence electrons. The fourth-order valence-corrected chi connectivity index (χ4v) is 6.15. The molecule has 0 radical (unpaired) electrons. The SMILES string of the molecule is CCCC/C=C\CCCCCCCC(=O)OC(COCCCCCCCCC)COC1OC(COC2OC(CO)C(O)C(O)C2O)C(O)C(O)C1O. The number of hydrogen-bond donors (Lipinski definition) is 7. The van der Waals surface area contributed by atoms with Crippen LogP contribution in [-0.2, 0) is 33.2 Å². The summed E-state index contributed by atoms with van der Waals surface area (Å²) < 4.78 is 33.9. The number of ether oxygens (including phenoxy) is 6. The zero-order chi connectivity index (χ0) is 38.1. The Morgan fingerprint density at radius 1 is 0.615 bits per heavy atom. The van der Waals surface area contributed by atoms with Crippen LogP contribution in [0.25, 0.3) is 0 Å². The lowest BCUT2D eigenvalue weighted by Crippen LogP contribution is -2.61. The average molecular weight is 751 g/mol. The summed E-state index contributed by atoms with van der Waals surface area (Å²) in [6.07, 6.45) is 6.01. The van der Waals surface area contributed by atoms with Gasteiger partial charge >= 0.3 is 5.97 Å². The van der Waals surface area contributed by atoms with Crippen molar-refractivity contribution in [1.29, 1.82) is 0 Å². The number of rotatable bonds is 29. The topological polar surface area (TPSA) is 214 Å². The molecule has 2 fully saturated rings. The van der Waals surface area contributed by atoms with Crippen LogP contribution in [0.1, 0.15) is 123 Å². The van der Waals surface area contributed by atoms with E-state index in [1.54, 1.807) is 0 Å². The van der Waals surface area contributed by atoms with Gasteiger partial charge in [-0.15, -0.1) is 0 Å². The van der Waals surface area contributed by atoms with Crippen molar-refractivity contribution in [2.45, 2.75) is 191 Å². The maximum Gasteiger partial charge on any atom is 0.306 e. The second kappa shape index (κ2) is 28.2. The molecule has 52 heavy (non-hydrogen) atoms. The molecule has 2 aliphatic heterocycles. The van der Waals surface area contributed by atoms with Gasteiger partial charge in [-0.2, -0.15) is 0 Å². The van der Waals surface area contributed by atoms with Gasteiger partial charge in [-0.3, -0.25) is 4.79 Å². The molecule has 0 amide bonds. The first-order valence-electron chi connectivity index (χ1n) is 19.8. The first-order chi connectivity index (χ1) is 25.1. The first-order valence-corrected chi connectivity index (χ1v) is 19.8. The van der Waals surface area contributed by atoms with Crippen molar-refractivity contribution in [2.24, 2.45) is 0 Å². The molecule has 7 N–H and O–H groups in total. The van der Waals surface area contributed by atoms with E-state index in [2.05, 4.69) is 26.0 Å². The largest absolute Gasteiger partial charge is 0.457 e. The Morgan fingerprint density at radius 3 is 1.81 bits per heavy atom. The molecule has 0 spiro atoms. The van der Waals surface area contributed by atoms with Gasteiger partial charge in [0, 0.05) is 13.0 Å². The Kier molecular flexibility index (Phi) is 25.4. The van der Waals surface area contributed by atoms with Crippen LogP contribution in [0.4, 0.5) is 0 Å². The van der Waals surface area contributed by atoms with Crippen molar-refractivity contribution in [3.63, 3.8) is 0 Å². The molecule has 14 nitrogen and oxygen atoms in total. The highest BCUT2D eigenvalue weighted by molar-refractivity contribution is 5.69. The number of aliphatic hydroxyl groups excluding tert-OH is 7. The Balaban J connectivity index is 1.87. The van der Waals surface area contributed by atoms with Crippen molar-refractivity contribution in [2.75, 3.05) is 33.0 Å². The summed E-state index contributed by atoms with van der Waals surface area (Å²) in [5.41, 5.74) is 0. The van der Waals surface area contributed by atoms with Gasteiger partial charge in [-0.25, -0.2) is 0 Å². The maximum atomic E-state index is 12.8. The third kappa shape index (κ3) is 17.9. The summed E-state index contributed by atoms with van der Waals surface area (Å²) in [5.74, 6) is -0.390. The van der Waals surface area contributed by atoms with E-state index >= 15 is 0 Å². The summed E-state index contributed by atoms with van der Waals surface area (Å²) >= 11 is 0. The second-order valence-corrected chi connectivity index (χ2v) is 14.1. The molecular weight excluding hydrogens is 680 g/mol. The number of allylic oxidation sites excluding steroid dienone is 2. The van der Waals surface area contributed by atoms with E-state index in [1.807, 2.05) is 0 Å². The van der Waals surface area contributed by atoms with Crippen molar-refractivity contribution < 1.29 is 69.0 Å². The number of carbonyl (C=O) groups is 1. The van der Waals surface area contributed by atoms with Crippen LogP contribution in [0.3, 0.4) is 0 Å². The number of esters is 1. The third-order valence-corrected chi connectivity index (χ3v) is 9.52. The van der Waals surface area contributed by atoms with Crippen LogP contribution >= 0.6 is 0 Å². The van der Waals surface area contributed by atoms with Crippen molar-refractivity contribution in [1.82, 2.24) is 0 Å². The zero-order valence-corrected chi connectivity index (χ0v) is 31.6. The summed E-state index contributed by atoms with van der Waals surface area (Å²) in [5, 5.41) is 71.5. The van der Waals surface area contributed by atoms with Gasteiger partial charge in [0.2, 0.25) is 0 Å². The molecule has 2 rings (SSSR count). The minimum Gasteiger partial charge on any atom is -0.457 e. The van der Waals surface area contributed by atoms with Gasteiger partial charge in [0.15, 0.2) is 12.6 Å². The number of hydrogen-bond acceptors (Lipinski definition) is 14. The lowest BCUT2D eigenvalue weighted by molar-refractivity contribution is -0.332. The van der Waals surface area contributed by atoms with E-state index in [9.17, 15) is 40.5 Å². The van der Waals surface area contributed by atoms with Crippen LogP contribution in [0, 0.1) is 0 Å². The molecule has 11 unspecified atom stereocenters. The van der Waals surface area contributed by atoms with Gasteiger partial charge in [-0.05, 0) is 32.1 Å². The van der Waals surface area contributed by atoms with Crippen LogP contribution in [-0.4, -0.2) is 142 Å². The molecule has 2 aliphatic rings. The van der Waals surface area contributed by atoms with E-state index in [4.69, 9.17) is 28.4 Å². The smallest absolute Gasteiger partial charge is 0.306 e. The number of aliphatic hydroxyl groups is 7. The number of unbranched alkanes of at least 4 members (excludes halogenated alkanes) is 13. The predicted molar refractivity (Wildman–Crippen MR) is 192 cm³/mol. The highest BCUT2D eigenvalue weighted by Gasteiger charge is 2.47. The summed E-state index contributed by atoms with van der Waals surface area (Å²) in [6, 6.07) is 0. The van der Waals surface area contributed by atoms with Gasteiger partial charge in [0.05, 0.1) is 26.4 Å². The van der Waals surface area contributed by atoms with E-state index in [0.717, 1.165) is 57.8 Å². The average Bonchev–Trinajstić information content (AvgIpc) is 3.14. The van der Waals surface area contributed by atoms with E-state index < -0.39 is 86.7 Å². The second-order valence-electron chi connectivity index (χ2n) is 14.1. The molecule has 0 aromatic carbocycles. The highest BCUT2D eigenvalue weighted by Crippen LogP contribution is 2.26. The standard InChI is InChI=1S/C38H70O14/c1-3-5-7-9-11-12-13-14-15-17-19-21-30(40)50-27(24-47-22-20-18-16-10-8-6-4-2)25-48-37-36(46)34(44)32(42)29(52-37)26-49-38-35(45)33(43)31(41)28(23-39)51-38/h9,11,27-29,31-39,41-46H,3-8,10,12-26H2,1-2H3/b11-9-.